The second-order valence-corrected chi connectivity index (χ2v) is 6.57. The Morgan fingerprint density at radius 3 is 2.43 bits per heavy atom. The molecule has 3 rings (SSSR count). The number of hydrogen-bond donors (Lipinski definition) is 2. The van der Waals surface area contributed by atoms with E-state index in [4.69, 9.17) is 5.11 Å². The third kappa shape index (κ3) is 2.80. The molecule has 1 aromatic rings. The van der Waals surface area contributed by atoms with Crippen LogP contribution in [0.4, 0.5) is 0 Å². The van der Waals surface area contributed by atoms with Gasteiger partial charge in [-0.05, 0) is 67.7 Å². The lowest BCUT2D eigenvalue weighted by atomic mass is 9.65. The Bertz CT molecular complexity index is 586. The molecule has 4 heteroatoms. The van der Waals surface area contributed by atoms with Crippen LogP contribution in [0.1, 0.15) is 58.4 Å². The zero-order chi connectivity index (χ0) is 15.0. The van der Waals surface area contributed by atoms with Crippen LogP contribution in [-0.4, -0.2) is 23.5 Å². The van der Waals surface area contributed by atoms with E-state index in [1.165, 1.54) is 38.2 Å². The molecule has 0 unspecified atom stereocenters. The highest BCUT2D eigenvalue weighted by Gasteiger charge is 2.48. The summed E-state index contributed by atoms with van der Waals surface area (Å²) in [6.45, 7) is 2.54. The number of rotatable bonds is 5. The van der Waals surface area contributed by atoms with Gasteiger partial charge in [-0.2, -0.15) is 0 Å². The largest absolute Gasteiger partial charge is 0.478 e. The van der Waals surface area contributed by atoms with Gasteiger partial charge in [0.25, 0.3) is 5.91 Å². The summed E-state index contributed by atoms with van der Waals surface area (Å²) in [5.74, 6) is -0.368. The molecule has 0 atom stereocenters. The van der Waals surface area contributed by atoms with E-state index in [1.54, 1.807) is 19.1 Å². The van der Waals surface area contributed by atoms with Crippen LogP contribution in [-0.2, 0) is 0 Å². The standard InChI is InChI=1S/C17H21NO3/c1-11-7-12(9-13(8-11)16(20)21)15(19)18-10-17(5-2-6-17)14-3-4-14/h7-9,14H,2-6,10H2,1H3,(H,18,19)(H,20,21). The van der Waals surface area contributed by atoms with Crippen molar-refractivity contribution >= 4 is 11.9 Å². The van der Waals surface area contributed by atoms with Crippen LogP contribution in [0.3, 0.4) is 0 Å². The van der Waals surface area contributed by atoms with E-state index in [0.717, 1.165) is 18.0 Å². The molecule has 0 spiro atoms. The molecule has 0 aromatic heterocycles. The summed E-state index contributed by atoms with van der Waals surface area (Å²) in [5, 5.41) is 12.1. The number of aromatic carboxylic acids is 1. The van der Waals surface area contributed by atoms with Crippen LogP contribution in [0.25, 0.3) is 0 Å². The summed E-state index contributed by atoms with van der Waals surface area (Å²) >= 11 is 0. The maximum absolute atomic E-state index is 12.3. The second-order valence-electron chi connectivity index (χ2n) is 6.57. The SMILES string of the molecule is Cc1cc(C(=O)O)cc(C(=O)NCC2(C3CC3)CCC2)c1. The van der Waals surface area contributed by atoms with E-state index < -0.39 is 5.97 Å². The van der Waals surface area contributed by atoms with Crippen LogP contribution in [0.2, 0.25) is 0 Å². The first-order valence-corrected chi connectivity index (χ1v) is 7.63. The van der Waals surface area contributed by atoms with Crippen LogP contribution in [0.5, 0.6) is 0 Å². The molecule has 1 amide bonds. The van der Waals surface area contributed by atoms with E-state index in [9.17, 15) is 9.59 Å². The van der Waals surface area contributed by atoms with Gasteiger partial charge in [0.05, 0.1) is 5.56 Å². The first-order chi connectivity index (χ1) is 10.00. The fraction of sp³-hybridized carbons (Fsp3) is 0.529. The first-order valence-electron chi connectivity index (χ1n) is 7.63. The molecule has 0 saturated heterocycles. The highest BCUT2D eigenvalue weighted by Crippen LogP contribution is 2.56. The minimum atomic E-state index is -0.999. The van der Waals surface area contributed by atoms with Gasteiger partial charge in [-0.15, -0.1) is 0 Å². The lowest BCUT2D eigenvalue weighted by molar-refractivity contribution is 0.0696. The lowest BCUT2D eigenvalue weighted by Crippen LogP contribution is -2.43. The van der Waals surface area contributed by atoms with Gasteiger partial charge >= 0.3 is 5.97 Å². The second kappa shape index (κ2) is 5.17. The molecule has 0 radical (unpaired) electrons. The smallest absolute Gasteiger partial charge is 0.335 e. The monoisotopic (exact) mass is 287 g/mol. The van der Waals surface area contributed by atoms with Crippen molar-refractivity contribution in [3.05, 3.63) is 34.9 Å². The van der Waals surface area contributed by atoms with E-state index in [1.807, 2.05) is 0 Å². The van der Waals surface area contributed by atoms with Gasteiger partial charge in [-0.3, -0.25) is 4.79 Å². The number of carboxylic acid groups (broad SMARTS) is 1. The molecule has 2 aliphatic rings. The normalized spacial score (nSPS) is 19.7. The molecule has 1 aromatic carbocycles. The van der Waals surface area contributed by atoms with Crippen LogP contribution in [0.15, 0.2) is 18.2 Å². The van der Waals surface area contributed by atoms with E-state index in [-0.39, 0.29) is 11.5 Å². The summed E-state index contributed by atoms with van der Waals surface area (Å²) < 4.78 is 0. The molecule has 21 heavy (non-hydrogen) atoms. The van der Waals surface area contributed by atoms with E-state index in [0.29, 0.717) is 11.0 Å². The fourth-order valence-corrected chi connectivity index (χ4v) is 3.45. The summed E-state index contributed by atoms with van der Waals surface area (Å²) in [6.07, 6.45) is 6.28. The predicted octanol–water partition coefficient (Wildman–Crippen LogP) is 3.00. The molecule has 0 heterocycles. The molecule has 0 aliphatic heterocycles. The predicted molar refractivity (Wildman–Crippen MR) is 79.5 cm³/mol. The molecule has 4 nitrogen and oxygen atoms in total. The minimum Gasteiger partial charge on any atom is -0.478 e. The number of benzene rings is 1. The third-order valence-corrected chi connectivity index (χ3v) is 4.98. The molecular formula is C17H21NO3. The van der Waals surface area contributed by atoms with Crippen molar-refractivity contribution in [3.8, 4) is 0 Å². The van der Waals surface area contributed by atoms with Crippen LogP contribution in [0, 0.1) is 18.3 Å². The fourth-order valence-electron chi connectivity index (χ4n) is 3.45. The summed E-state index contributed by atoms with van der Waals surface area (Å²) in [4.78, 5) is 23.4. The average molecular weight is 287 g/mol. The van der Waals surface area contributed by atoms with Crippen molar-refractivity contribution in [3.63, 3.8) is 0 Å². The molecular weight excluding hydrogens is 266 g/mol. The Morgan fingerprint density at radius 1 is 1.24 bits per heavy atom. The Balaban J connectivity index is 1.69. The van der Waals surface area contributed by atoms with Crippen LogP contribution >= 0.6 is 0 Å². The number of carbonyl (C=O) groups excluding carboxylic acids is 1. The van der Waals surface area contributed by atoms with Gasteiger partial charge in [0.2, 0.25) is 0 Å². The highest BCUT2D eigenvalue weighted by molar-refractivity contribution is 5.97. The lowest BCUT2D eigenvalue weighted by Gasteiger charge is -2.42. The zero-order valence-electron chi connectivity index (χ0n) is 12.3. The maximum atomic E-state index is 12.3. The van der Waals surface area contributed by atoms with Gasteiger partial charge < -0.3 is 10.4 Å². The Labute approximate surface area is 124 Å². The van der Waals surface area contributed by atoms with Crippen LogP contribution < -0.4 is 5.32 Å². The maximum Gasteiger partial charge on any atom is 0.335 e. The molecule has 2 fully saturated rings. The Hall–Kier alpha value is -1.84. The molecule has 0 bridgehead atoms. The number of nitrogens with one attached hydrogen (secondary N) is 1. The van der Waals surface area contributed by atoms with Crippen molar-refractivity contribution in [1.29, 1.82) is 0 Å². The quantitative estimate of drug-likeness (QED) is 0.875. The van der Waals surface area contributed by atoms with Crippen molar-refractivity contribution in [1.82, 2.24) is 5.32 Å². The number of amides is 1. The van der Waals surface area contributed by atoms with E-state index in [2.05, 4.69) is 5.32 Å². The number of carboxylic acids is 1. The average Bonchev–Trinajstić information content (AvgIpc) is 3.21. The first kappa shape index (κ1) is 14.1. The van der Waals surface area contributed by atoms with Gasteiger partial charge in [0, 0.05) is 12.1 Å². The van der Waals surface area contributed by atoms with E-state index >= 15 is 0 Å². The van der Waals surface area contributed by atoms with Crippen molar-refractivity contribution in [2.75, 3.05) is 6.54 Å². The van der Waals surface area contributed by atoms with Gasteiger partial charge in [-0.1, -0.05) is 6.42 Å². The Morgan fingerprint density at radius 2 is 1.90 bits per heavy atom. The topological polar surface area (TPSA) is 66.4 Å². The molecule has 112 valence electrons. The summed E-state index contributed by atoms with van der Waals surface area (Å²) in [7, 11) is 0. The molecule has 2 N–H and O–H groups in total. The van der Waals surface area contributed by atoms with Gasteiger partial charge in [-0.25, -0.2) is 4.79 Å². The zero-order valence-corrected chi connectivity index (χ0v) is 12.3. The summed E-state index contributed by atoms with van der Waals surface area (Å²) in [5.41, 5.74) is 1.73. The molecule has 2 aliphatic carbocycles. The van der Waals surface area contributed by atoms with Crippen molar-refractivity contribution < 1.29 is 14.7 Å². The Kier molecular flexibility index (Phi) is 3.47. The minimum absolute atomic E-state index is 0.159. The van der Waals surface area contributed by atoms with Gasteiger partial charge in [0.15, 0.2) is 0 Å². The van der Waals surface area contributed by atoms with Crippen molar-refractivity contribution in [2.24, 2.45) is 11.3 Å². The summed E-state index contributed by atoms with van der Waals surface area (Å²) in [6, 6.07) is 4.78. The van der Waals surface area contributed by atoms with Gasteiger partial charge in [0.1, 0.15) is 0 Å². The molecule has 2 saturated carbocycles. The number of aryl methyl sites for hydroxylation is 1. The highest BCUT2D eigenvalue weighted by atomic mass is 16.4. The third-order valence-electron chi connectivity index (χ3n) is 4.98. The number of carbonyl (C=O) groups is 2. The number of hydrogen-bond acceptors (Lipinski definition) is 2. The van der Waals surface area contributed by atoms with Crippen molar-refractivity contribution in [2.45, 2.75) is 39.0 Å².